The highest BCUT2D eigenvalue weighted by Gasteiger charge is 2.45. The number of nitrogens with one attached hydrogen (secondary N) is 1. The first-order valence-electron chi connectivity index (χ1n) is 10.2. The van der Waals surface area contributed by atoms with Crippen molar-refractivity contribution in [2.75, 3.05) is 10.7 Å². The van der Waals surface area contributed by atoms with Gasteiger partial charge < -0.3 is 0 Å². The van der Waals surface area contributed by atoms with Gasteiger partial charge in [-0.05, 0) is 41.8 Å². The molecule has 30 heavy (non-hydrogen) atoms. The Morgan fingerprint density at radius 3 is 2.67 bits per heavy atom. The van der Waals surface area contributed by atoms with Gasteiger partial charge in [-0.1, -0.05) is 55.4 Å². The van der Waals surface area contributed by atoms with Crippen molar-refractivity contribution < 1.29 is 9.48 Å². The zero-order valence-corrected chi connectivity index (χ0v) is 18.2. The lowest BCUT2D eigenvalue weighted by atomic mass is 9.99. The molecule has 7 heteroatoms. The third kappa shape index (κ3) is 3.54. The first-order chi connectivity index (χ1) is 14.5. The Morgan fingerprint density at radius 1 is 1.20 bits per heavy atom. The lowest BCUT2D eigenvalue weighted by Gasteiger charge is -2.31. The molecule has 1 aliphatic heterocycles. The minimum absolute atomic E-state index is 0.101. The van der Waals surface area contributed by atoms with Crippen molar-refractivity contribution in [2.45, 2.75) is 44.9 Å². The zero-order valence-electron chi connectivity index (χ0n) is 17.4. The van der Waals surface area contributed by atoms with E-state index in [9.17, 15) is 9.59 Å². The third-order valence-corrected chi connectivity index (χ3v) is 6.25. The highest BCUT2D eigenvalue weighted by molar-refractivity contribution is 7.99. The van der Waals surface area contributed by atoms with Crippen LogP contribution in [0, 0.1) is 6.92 Å². The summed E-state index contributed by atoms with van der Waals surface area (Å²) in [4.78, 5) is 30.7. The molecule has 6 nitrogen and oxygen atoms in total. The van der Waals surface area contributed by atoms with Gasteiger partial charge in [-0.25, -0.2) is 4.90 Å². The Kier molecular flexibility index (Phi) is 5.72. The number of H-pyrrole nitrogens is 1. The summed E-state index contributed by atoms with van der Waals surface area (Å²) in [7, 11) is 0. The Labute approximate surface area is 180 Å². The molecule has 0 spiro atoms. The van der Waals surface area contributed by atoms with Crippen LogP contribution in [0.15, 0.2) is 58.5 Å². The molecule has 1 N–H and O–H groups in total. The van der Waals surface area contributed by atoms with Crippen molar-refractivity contribution >= 4 is 23.4 Å². The maximum Gasteiger partial charge on any atom is 0.325 e. The number of hydrogen-bond acceptors (Lipinski definition) is 4. The number of anilines is 1. The minimum Gasteiger partial charge on any atom is -0.291 e. The topological polar surface area (TPSA) is 69.9 Å². The van der Waals surface area contributed by atoms with E-state index in [1.54, 1.807) is 16.5 Å². The lowest BCUT2D eigenvalue weighted by molar-refractivity contribution is -0.763. The molecule has 154 valence electrons. The number of rotatable bonds is 5. The van der Waals surface area contributed by atoms with Crippen LogP contribution in [-0.4, -0.2) is 21.7 Å². The SMILES string of the molecule is CCCCSc1n[n+]2c(c(=O)[nH]1)-c1ccccc1N(C(C)=O)[C@@H]2c1ccccc1C. The molecule has 1 amide bonds. The number of aryl methyl sites for hydroxylation is 1. The number of amides is 1. The molecule has 0 radical (unpaired) electrons. The number of thioether (sulfide) groups is 1. The van der Waals surface area contributed by atoms with Crippen LogP contribution in [0.2, 0.25) is 0 Å². The quantitative estimate of drug-likeness (QED) is 0.386. The maximum atomic E-state index is 13.2. The fraction of sp³-hybridized carbons (Fsp3) is 0.304. The van der Waals surface area contributed by atoms with Crippen LogP contribution >= 0.6 is 11.8 Å². The average molecular weight is 422 g/mol. The van der Waals surface area contributed by atoms with Crippen molar-refractivity contribution in [3.05, 3.63) is 70.0 Å². The summed E-state index contributed by atoms with van der Waals surface area (Å²) in [5.74, 6) is 0.775. The van der Waals surface area contributed by atoms with Crippen LogP contribution in [0.4, 0.5) is 5.69 Å². The molecule has 1 aromatic heterocycles. The number of carbonyl (C=O) groups excluding carboxylic acids is 1. The van der Waals surface area contributed by atoms with Gasteiger partial charge in [-0.15, -0.1) is 0 Å². The van der Waals surface area contributed by atoms with Gasteiger partial charge in [0.15, 0.2) is 0 Å². The molecular formula is C23H25N4O2S+. The Balaban J connectivity index is 1.99. The van der Waals surface area contributed by atoms with Crippen molar-refractivity contribution in [3.8, 4) is 11.3 Å². The fourth-order valence-electron chi connectivity index (χ4n) is 3.85. The third-order valence-electron chi connectivity index (χ3n) is 5.30. The molecule has 0 unspecified atom stereocenters. The second-order valence-corrected chi connectivity index (χ2v) is 8.47. The molecule has 1 aliphatic rings. The van der Waals surface area contributed by atoms with Crippen LogP contribution in [0.3, 0.4) is 0 Å². The van der Waals surface area contributed by atoms with Crippen LogP contribution in [0.25, 0.3) is 11.3 Å². The highest BCUT2D eigenvalue weighted by atomic mass is 32.2. The Morgan fingerprint density at radius 2 is 1.93 bits per heavy atom. The van der Waals surface area contributed by atoms with E-state index in [1.165, 1.54) is 11.8 Å². The molecule has 0 aliphatic carbocycles. The highest BCUT2D eigenvalue weighted by Crippen LogP contribution is 2.37. The standard InChI is InChI=1S/C23H24N4O2S/c1-4-5-14-30-23-24-21(29)20-18-12-8-9-13-19(18)26(16(3)28)22(27(20)25-23)17-11-7-6-10-15(17)2/h6-13,22H,4-5,14H2,1-3H3/p+1/t22-/m0/s1. The summed E-state index contributed by atoms with van der Waals surface area (Å²) < 4.78 is 1.72. The van der Waals surface area contributed by atoms with Crippen molar-refractivity contribution in [1.82, 2.24) is 10.1 Å². The van der Waals surface area contributed by atoms with E-state index in [-0.39, 0.29) is 11.5 Å². The molecule has 0 saturated heterocycles. The minimum atomic E-state index is -0.526. The van der Waals surface area contributed by atoms with Crippen molar-refractivity contribution in [2.24, 2.45) is 0 Å². The molecule has 4 rings (SSSR count). The summed E-state index contributed by atoms with van der Waals surface area (Å²) in [6.45, 7) is 5.70. The monoisotopic (exact) mass is 421 g/mol. The normalized spacial score (nSPS) is 14.9. The van der Waals surface area contributed by atoms with E-state index in [0.29, 0.717) is 16.4 Å². The Hall–Kier alpha value is -2.93. The van der Waals surface area contributed by atoms with E-state index >= 15 is 0 Å². The lowest BCUT2D eigenvalue weighted by Crippen LogP contribution is -2.60. The number of carbonyl (C=O) groups is 1. The number of aromatic nitrogens is 3. The number of unbranched alkanes of at least 4 members (excludes halogenated alkanes) is 1. The summed E-state index contributed by atoms with van der Waals surface area (Å²) in [6.07, 6.45) is 1.59. The molecular weight excluding hydrogens is 396 g/mol. The van der Waals surface area contributed by atoms with Gasteiger partial charge >= 0.3 is 11.3 Å². The van der Waals surface area contributed by atoms with E-state index in [4.69, 9.17) is 5.10 Å². The summed E-state index contributed by atoms with van der Waals surface area (Å²) >= 11 is 1.53. The Bertz CT molecular complexity index is 1160. The number of benzene rings is 2. The van der Waals surface area contributed by atoms with Gasteiger partial charge in [0, 0.05) is 23.3 Å². The van der Waals surface area contributed by atoms with Crippen LogP contribution in [-0.2, 0) is 4.79 Å². The molecule has 0 bridgehead atoms. The number of nitrogens with zero attached hydrogens (tertiary/aromatic N) is 3. The smallest absolute Gasteiger partial charge is 0.291 e. The summed E-state index contributed by atoms with van der Waals surface area (Å²) in [5, 5.41) is 5.37. The number of aromatic amines is 1. The van der Waals surface area contributed by atoms with Crippen LogP contribution in [0.1, 0.15) is 44.0 Å². The average Bonchev–Trinajstić information content (AvgIpc) is 2.73. The van der Waals surface area contributed by atoms with Gasteiger partial charge in [0.1, 0.15) is 0 Å². The number of hydrogen-bond donors (Lipinski definition) is 1. The van der Waals surface area contributed by atoms with Crippen molar-refractivity contribution in [1.29, 1.82) is 0 Å². The first-order valence-corrected chi connectivity index (χ1v) is 11.1. The second kappa shape index (κ2) is 8.44. The molecule has 0 fully saturated rings. The van der Waals surface area contributed by atoms with E-state index in [2.05, 4.69) is 11.9 Å². The maximum absolute atomic E-state index is 13.2. The van der Waals surface area contributed by atoms with Gasteiger partial charge in [-0.3, -0.25) is 14.6 Å². The zero-order chi connectivity index (χ0) is 21.3. The molecule has 2 aromatic carbocycles. The second-order valence-electron chi connectivity index (χ2n) is 7.39. The van der Waals surface area contributed by atoms with Crippen molar-refractivity contribution in [3.63, 3.8) is 0 Å². The van der Waals surface area contributed by atoms with E-state index < -0.39 is 6.17 Å². The van der Waals surface area contributed by atoms with Crippen LogP contribution < -0.4 is 15.1 Å². The van der Waals surface area contributed by atoms with Gasteiger partial charge in [0.05, 0.1) is 11.3 Å². The molecule has 1 atom stereocenters. The predicted octanol–water partition coefficient (Wildman–Crippen LogP) is 3.84. The molecule has 0 saturated carbocycles. The largest absolute Gasteiger partial charge is 0.325 e. The molecule has 3 aromatic rings. The summed E-state index contributed by atoms with van der Waals surface area (Å²) in [6, 6.07) is 15.4. The van der Waals surface area contributed by atoms with Gasteiger partial charge in [0.25, 0.3) is 6.17 Å². The summed E-state index contributed by atoms with van der Waals surface area (Å²) in [5.41, 5.74) is 3.67. The number of fused-ring (bicyclic) bond motifs is 3. The van der Waals surface area contributed by atoms with E-state index in [0.717, 1.165) is 35.4 Å². The predicted molar refractivity (Wildman–Crippen MR) is 119 cm³/mol. The van der Waals surface area contributed by atoms with Crippen LogP contribution in [0.5, 0.6) is 0 Å². The number of para-hydroxylation sites is 1. The van der Waals surface area contributed by atoms with Gasteiger partial charge in [0.2, 0.25) is 11.1 Å². The van der Waals surface area contributed by atoms with E-state index in [1.807, 2.05) is 55.5 Å². The first kappa shape index (κ1) is 20.3. The van der Waals surface area contributed by atoms with Gasteiger partial charge in [-0.2, -0.15) is 0 Å². The fourth-order valence-corrected chi connectivity index (χ4v) is 4.79. The molecule has 2 heterocycles.